The first-order chi connectivity index (χ1) is 12.7. The third kappa shape index (κ3) is 9.60. The second-order valence-electron chi connectivity index (χ2n) is 9.95. The summed E-state index contributed by atoms with van der Waals surface area (Å²) in [5.74, 6) is -0.0492. The van der Waals surface area contributed by atoms with E-state index in [2.05, 4.69) is 40.8 Å². The molecule has 0 radical (unpaired) electrons. The number of cyclic esters (lactones) is 1. The highest BCUT2D eigenvalue weighted by atomic mass is 28.4. The van der Waals surface area contributed by atoms with Gasteiger partial charge < -0.3 is 9.16 Å². The van der Waals surface area contributed by atoms with Crippen LogP contribution in [0.1, 0.15) is 111 Å². The molecule has 1 fully saturated rings. The molecule has 4 heteroatoms. The van der Waals surface area contributed by atoms with Gasteiger partial charge in [0.1, 0.15) is 6.10 Å². The largest absolute Gasteiger partial charge is 0.460 e. The lowest BCUT2D eigenvalue weighted by Crippen LogP contribution is -2.47. The van der Waals surface area contributed by atoms with Crippen molar-refractivity contribution in [3.05, 3.63) is 0 Å². The molecule has 0 aromatic carbocycles. The van der Waals surface area contributed by atoms with Gasteiger partial charge in [0.05, 0.1) is 6.10 Å². The average Bonchev–Trinajstić information content (AvgIpc) is 3.00. The molecule has 0 aliphatic carbocycles. The lowest BCUT2D eigenvalue weighted by Gasteiger charge is -2.40. The molecule has 0 aromatic heterocycles. The van der Waals surface area contributed by atoms with E-state index in [9.17, 15) is 4.79 Å². The minimum absolute atomic E-state index is 0.0230. The van der Waals surface area contributed by atoms with Crippen LogP contribution in [0.3, 0.4) is 0 Å². The number of carbonyl (C=O) groups is 1. The molecule has 1 rings (SSSR count). The first-order valence-corrected chi connectivity index (χ1v) is 14.5. The molecule has 0 amide bonds. The van der Waals surface area contributed by atoms with Crippen molar-refractivity contribution in [2.75, 3.05) is 0 Å². The minimum atomic E-state index is -1.85. The lowest BCUT2D eigenvalue weighted by atomic mass is 10.0. The van der Waals surface area contributed by atoms with Crippen LogP contribution in [0.15, 0.2) is 0 Å². The monoisotopic (exact) mass is 398 g/mol. The van der Waals surface area contributed by atoms with Gasteiger partial charge in [-0.1, -0.05) is 91.9 Å². The fourth-order valence-corrected chi connectivity index (χ4v) is 4.90. The van der Waals surface area contributed by atoms with Crippen molar-refractivity contribution in [2.24, 2.45) is 0 Å². The van der Waals surface area contributed by atoms with E-state index in [1.165, 1.54) is 64.2 Å². The van der Waals surface area contributed by atoms with Gasteiger partial charge in [-0.05, 0) is 31.0 Å². The van der Waals surface area contributed by atoms with Crippen molar-refractivity contribution < 1.29 is 14.0 Å². The Morgan fingerprint density at radius 3 is 1.96 bits per heavy atom. The second-order valence-corrected chi connectivity index (χ2v) is 14.7. The standard InChI is InChI=1S/C23H46O3Si/c1-7-8-9-10-11-12-13-14-15-16-17-21(20-18-19-22(24)25-20)26-27(5,6)23(2,3)4/h20-21H,7-19H2,1-6H3/t20-,21-/m0/s1. The molecule has 0 saturated carbocycles. The summed E-state index contributed by atoms with van der Waals surface area (Å²) in [6.45, 7) is 13.7. The summed E-state index contributed by atoms with van der Waals surface area (Å²) in [5, 5.41) is 0.186. The number of carbonyl (C=O) groups excluding carboxylic acids is 1. The number of unbranched alkanes of at least 4 members (excludes halogenated alkanes) is 9. The zero-order chi connectivity index (χ0) is 20.3. The highest BCUT2D eigenvalue weighted by molar-refractivity contribution is 6.74. The van der Waals surface area contributed by atoms with E-state index in [4.69, 9.17) is 9.16 Å². The molecule has 27 heavy (non-hydrogen) atoms. The Hall–Kier alpha value is -0.353. The van der Waals surface area contributed by atoms with Gasteiger partial charge in [0.2, 0.25) is 0 Å². The number of ether oxygens (including phenoxy) is 1. The molecule has 0 unspecified atom stereocenters. The van der Waals surface area contributed by atoms with Gasteiger partial charge in [-0.3, -0.25) is 4.79 Å². The normalized spacial score (nSPS) is 19.3. The number of hydrogen-bond donors (Lipinski definition) is 0. The number of esters is 1. The van der Waals surface area contributed by atoms with Gasteiger partial charge in [0.15, 0.2) is 8.32 Å². The summed E-state index contributed by atoms with van der Waals surface area (Å²) >= 11 is 0. The van der Waals surface area contributed by atoms with Gasteiger partial charge in [-0.25, -0.2) is 0 Å². The quantitative estimate of drug-likeness (QED) is 0.174. The lowest BCUT2D eigenvalue weighted by molar-refractivity contribution is -0.145. The Morgan fingerprint density at radius 1 is 1.00 bits per heavy atom. The van der Waals surface area contributed by atoms with E-state index < -0.39 is 8.32 Å². The van der Waals surface area contributed by atoms with Crippen LogP contribution in [0.4, 0.5) is 0 Å². The zero-order valence-corrected chi connectivity index (χ0v) is 20.1. The molecule has 0 bridgehead atoms. The van der Waals surface area contributed by atoms with E-state index in [1.807, 2.05) is 0 Å². The molecule has 0 spiro atoms. The van der Waals surface area contributed by atoms with Crippen LogP contribution < -0.4 is 0 Å². The first-order valence-electron chi connectivity index (χ1n) is 11.5. The summed E-state index contributed by atoms with van der Waals surface area (Å²) in [4.78, 5) is 11.6. The van der Waals surface area contributed by atoms with E-state index in [0.717, 1.165) is 12.8 Å². The van der Waals surface area contributed by atoms with Gasteiger partial charge in [0, 0.05) is 6.42 Å². The summed E-state index contributed by atoms with van der Waals surface area (Å²) in [6, 6.07) is 0. The van der Waals surface area contributed by atoms with Crippen molar-refractivity contribution in [1.82, 2.24) is 0 Å². The summed E-state index contributed by atoms with van der Waals surface area (Å²) in [6.07, 6.45) is 15.9. The Morgan fingerprint density at radius 2 is 1.52 bits per heavy atom. The van der Waals surface area contributed by atoms with Crippen molar-refractivity contribution >= 4 is 14.3 Å². The fourth-order valence-electron chi connectivity index (χ4n) is 3.52. The predicted octanol–water partition coefficient (Wildman–Crippen LogP) is 7.39. The van der Waals surface area contributed by atoms with Gasteiger partial charge in [-0.15, -0.1) is 0 Å². The first kappa shape index (κ1) is 24.7. The number of rotatable bonds is 14. The minimum Gasteiger partial charge on any atom is -0.460 e. The summed E-state index contributed by atoms with van der Waals surface area (Å²) in [7, 11) is -1.85. The molecule has 3 nitrogen and oxygen atoms in total. The number of hydrogen-bond acceptors (Lipinski definition) is 3. The van der Waals surface area contributed by atoms with Crippen LogP contribution >= 0.6 is 0 Å². The SMILES string of the molecule is CCCCCCCCCCCC[C@H](O[Si](C)(C)C(C)(C)C)[C@@H]1CCC(=O)O1. The van der Waals surface area contributed by atoms with E-state index in [-0.39, 0.29) is 23.2 Å². The third-order valence-electron chi connectivity index (χ3n) is 6.42. The van der Waals surface area contributed by atoms with Gasteiger partial charge in [-0.2, -0.15) is 0 Å². The topological polar surface area (TPSA) is 35.5 Å². The molecule has 2 atom stereocenters. The molecule has 0 aromatic rings. The van der Waals surface area contributed by atoms with Crippen LogP contribution in [0.25, 0.3) is 0 Å². The maximum Gasteiger partial charge on any atom is 0.306 e. The molecule has 1 heterocycles. The Kier molecular flexibility index (Phi) is 11.2. The molecule has 1 aliphatic rings. The Labute approximate surface area is 170 Å². The Balaban J connectivity index is 2.32. The molecule has 0 N–H and O–H groups in total. The van der Waals surface area contributed by atoms with Crippen LogP contribution in [0, 0.1) is 0 Å². The van der Waals surface area contributed by atoms with E-state index in [0.29, 0.717) is 6.42 Å². The van der Waals surface area contributed by atoms with Gasteiger partial charge >= 0.3 is 5.97 Å². The molecular weight excluding hydrogens is 352 g/mol. The summed E-state index contributed by atoms with van der Waals surface area (Å²) < 4.78 is 12.3. The van der Waals surface area contributed by atoms with Crippen LogP contribution in [-0.4, -0.2) is 26.5 Å². The average molecular weight is 399 g/mol. The predicted molar refractivity (Wildman–Crippen MR) is 118 cm³/mol. The van der Waals surface area contributed by atoms with Crippen LogP contribution in [0.2, 0.25) is 18.1 Å². The zero-order valence-electron chi connectivity index (χ0n) is 19.1. The highest BCUT2D eigenvalue weighted by Gasteiger charge is 2.42. The second kappa shape index (κ2) is 12.3. The van der Waals surface area contributed by atoms with Crippen molar-refractivity contribution in [3.8, 4) is 0 Å². The maximum absolute atomic E-state index is 11.6. The molecular formula is C23H46O3Si. The van der Waals surface area contributed by atoms with E-state index in [1.54, 1.807) is 0 Å². The molecule has 1 saturated heterocycles. The van der Waals surface area contributed by atoms with E-state index >= 15 is 0 Å². The Bertz CT molecular complexity index is 414. The van der Waals surface area contributed by atoms with Crippen molar-refractivity contribution in [1.29, 1.82) is 0 Å². The van der Waals surface area contributed by atoms with Crippen LogP contribution in [-0.2, 0) is 14.0 Å². The fraction of sp³-hybridized carbons (Fsp3) is 0.957. The van der Waals surface area contributed by atoms with Crippen molar-refractivity contribution in [3.63, 3.8) is 0 Å². The third-order valence-corrected chi connectivity index (χ3v) is 10.9. The smallest absolute Gasteiger partial charge is 0.306 e. The molecule has 160 valence electrons. The van der Waals surface area contributed by atoms with Gasteiger partial charge in [0.25, 0.3) is 0 Å². The highest BCUT2D eigenvalue weighted by Crippen LogP contribution is 2.39. The molecule has 1 aliphatic heterocycles. The van der Waals surface area contributed by atoms with Crippen molar-refractivity contribution in [2.45, 2.75) is 142 Å². The summed E-state index contributed by atoms with van der Waals surface area (Å²) in [5.41, 5.74) is 0. The maximum atomic E-state index is 11.6. The van der Waals surface area contributed by atoms with Crippen LogP contribution in [0.5, 0.6) is 0 Å².